The molecule has 1 saturated carbocycles. The number of carbonyl (C=O) groups is 1. The van der Waals surface area contributed by atoms with Crippen LogP contribution in [0.5, 0.6) is 0 Å². The standard InChI is InChI=1S/C13H14BrF3N2O/c14-8-1-4-10(13(15,16)17)11(7-8)18-6-5-12(20)19-9-2-3-9/h1,4,7,9,18H,2-3,5-6H2,(H,19,20). The Morgan fingerprint density at radius 2 is 2.05 bits per heavy atom. The van der Waals surface area contributed by atoms with Crippen LogP contribution in [0.15, 0.2) is 22.7 Å². The Hall–Kier alpha value is -1.24. The van der Waals surface area contributed by atoms with E-state index in [9.17, 15) is 18.0 Å². The molecule has 0 saturated heterocycles. The molecule has 110 valence electrons. The van der Waals surface area contributed by atoms with E-state index >= 15 is 0 Å². The lowest BCUT2D eigenvalue weighted by atomic mass is 10.1. The van der Waals surface area contributed by atoms with Crippen molar-refractivity contribution in [1.29, 1.82) is 0 Å². The predicted octanol–water partition coefficient (Wildman–Crippen LogP) is 3.55. The quantitative estimate of drug-likeness (QED) is 0.852. The van der Waals surface area contributed by atoms with Crippen molar-refractivity contribution in [2.75, 3.05) is 11.9 Å². The van der Waals surface area contributed by atoms with Crippen LogP contribution in [0.2, 0.25) is 0 Å². The molecule has 1 fully saturated rings. The molecule has 1 amide bonds. The summed E-state index contributed by atoms with van der Waals surface area (Å²) >= 11 is 3.14. The van der Waals surface area contributed by atoms with Crippen LogP contribution in [0.4, 0.5) is 18.9 Å². The summed E-state index contributed by atoms with van der Waals surface area (Å²) in [5, 5.41) is 5.46. The summed E-state index contributed by atoms with van der Waals surface area (Å²) in [6.45, 7) is 0.165. The number of nitrogens with one attached hydrogen (secondary N) is 2. The van der Waals surface area contributed by atoms with Gasteiger partial charge in [0.15, 0.2) is 0 Å². The maximum absolute atomic E-state index is 12.8. The van der Waals surface area contributed by atoms with E-state index in [1.165, 1.54) is 12.1 Å². The van der Waals surface area contributed by atoms with E-state index in [0.29, 0.717) is 4.47 Å². The smallest absolute Gasteiger partial charge is 0.384 e. The lowest BCUT2D eigenvalue weighted by molar-refractivity contribution is -0.137. The maximum Gasteiger partial charge on any atom is 0.418 e. The molecule has 1 aromatic carbocycles. The van der Waals surface area contributed by atoms with Crippen LogP contribution in [0.1, 0.15) is 24.8 Å². The van der Waals surface area contributed by atoms with Gasteiger partial charge in [-0.05, 0) is 31.0 Å². The van der Waals surface area contributed by atoms with Gasteiger partial charge >= 0.3 is 6.18 Å². The Morgan fingerprint density at radius 3 is 2.65 bits per heavy atom. The number of amides is 1. The molecule has 0 aromatic heterocycles. The number of rotatable bonds is 5. The molecule has 0 unspecified atom stereocenters. The van der Waals surface area contributed by atoms with Gasteiger partial charge in [0, 0.05) is 29.2 Å². The summed E-state index contributed by atoms with van der Waals surface area (Å²) in [7, 11) is 0. The van der Waals surface area contributed by atoms with Gasteiger partial charge in [-0.2, -0.15) is 13.2 Å². The van der Waals surface area contributed by atoms with Gasteiger partial charge in [-0.25, -0.2) is 0 Å². The zero-order chi connectivity index (χ0) is 14.8. The van der Waals surface area contributed by atoms with Crippen LogP contribution in [-0.4, -0.2) is 18.5 Å². The van der Waals surface area contributed by atoms with Gasteiger partial charge in [0.25, 0.3) is 0 Å². The highest BCUT2D eigenvalue weighted by molar-refractivity contribution is 9.10. The summed E-state index contributed by atoms with van der Waals surface area (Å²) < 4.78 is 39.0. The van der Waals surface area contributed by atoms with Crippen molar-refractivity contribution in [3.63, 3.8) is 0 Å². The number of halogens is 4. The third-order valence-corrected chi connectivity index (χ3v) is 3.39. The van der Waals surface area contributed by atoms with Crippen LogP contribution >= 0.6 is 15.9 Å². The minimum Gasteiger partial charge on any atom is -0.384 e. The molecule has 0 aliphatic heterocycles. The fourth-order valence-corrected chi connectivity index (χ4v) is 2.11. The molecule has 20 heavy (non-hydrogen) atoms. The molecule has 0 bridgehead atoms. The molecule has 2 rings (SSSR count). The van der Waals surface area contributed by atoms with Gasteiger partial charge in [0.05, 0.1) is 5.56 Å². The zero-order valence-corrected chi connectivity index (χ0v) is 12.1. The van der Waals surface area contributed by atoms with Crippen molar-refractivity contribution < 1.29 is 18.0 Å². The maximum atomic E-state index is 12.8. The van der Waals surface area contributed by atoms with E-state index in [1.807, 2.05) is 0 Å². The second-order valence-corrected chi connectivity index (χ2v) is 5.62. The van der Waals surface area contributed by atoms with Gasteiger partial charge in [-0.1, -0.05) is 15.9 Å². The van der Waals surface area contributed by atoms with Crippen molar-refractivity contribution in [3.8, 4) is 0 Å². The number of benzene rings is 1. The molecule has 0 spiro atoms. The Morgan fingerprint density at radius 1 is 1.35 bits per heavy atom. The normalized spacial score (nSPS) is 15.0. The molecule has 0 radical (unpaired) electrons. The summed E-state index contributed by atoms with van der Waals surface area (Å²) in [5.74, 6) is -0.136. The Kier molecular flexibility index (Phi) is 4.57. The van der Waals surface area contributed by atoms with Crippen molar-refractivity contribution in [2.24, 2.45) is 0 Å². The first kappa shape index (κ1) is 15.2. The number of hydrogen-bond donors (Lipinski definition) is 2. The van der Waals surface area contributed by atoms with Crippen molar-refractivity contribution in [2.45, 2.75) is 31.5 Å². The highest BCUT2D eigenvalue weighted by Crippen LogP contribution is 2.36. The van der Waals surface area contributed by atoms with E-state index in [1.54, 1.807) is 0 Å². The number of anilines is 1. The molecular formula is C13H14BrF3N2O. The van der Waals surface area contributed by atoms with Crippen LogP contribution < -0.4 is 10.6 Å². The predicted molar refractivity (Wildman–Crippen MR) is 73.4 cm³/mol. The summed E-state index contributed by atoms with van der Waals surface area (Å²) in [6.07, 6.45) is -2.29. The van der Waals surface area contributed by atoms with E-state index in [0.717, 1.165) is 18.9 Å². The van der Waals surface area contributed by atoms with Crippen molar-refractivity contribution >= 4 is 27.5 Å². The van der Waals surface area contributed by atoms with Gasteiger partial charge in [-0.3, -0.25) is 4.79 Å². The Labute approximate surface area is 123 Å². The van der Waals surface area contributed by atoms with Crippen LogP contribution in [0.25, 0.3) is 0 Å². The lowest BCUT2D eigenvalue weighted by Crippen LogP contribution is -2.27. The zero-order valence-electron chi connectivity index (χ0n) is 10.6. The highest BCUT2D eigenvalue weighted by Gasteiger charge is 2.33. The molecule has 1 aliphatic carbocycles. The Balaban J connectivity index is 1.93. The van der Waals surface area contributed by atoms with Crippen molar-refractivity contribution in [1.82, 2.24) is 5.32 Å². The summed E-state index contributed by atoms with van der Waals surface area (Å²) in [4.78, 5) is 11.4. The average molecular weight is 351 g/mol. The van der Waals surface area contributed by atoms with E-state index < -0.39 is 11.7 Å². The fraction of sp³-hybridized carbons (Fsp3) is 0.462. The summed E-state index contributed by atoms with van der Waals surface area (Å²) in [6, 6.07) is 3.98. The fourth-order valence-electron chi connectivity index (χ4n) is 1.75. The first-order valence-electron chi connectivity index (χ1n) is 6.26. The first-order valence-corrected chi connectivity index (χ1v) is 7.05. The first-order chi connectivity index (χ1) is 9.36. The second-order valence-electron chi connectivity index (χ2n) is 4.71. The number of hydrogen-bond acceptors (Lipinski definition) is 2. The molecule has 7 heteroatoms. The van der Waals surface area contributed by atoms with Crippen molar-refractivity contribution in [3.05, 3.63) is 28.2 Å². The van der Waals surface area contributed by atoms with Gasteiger partial charge in [0.2, 0.25) is 5.91 Å². The third kappa shape index (κ3) is 4.40. The topological polar surface area (TPSA) is 41.1 Å². The molecule has 1 aromatic rings. The molecule has 0 heterocycles. The van der Waals surface area contributed by atoms with Crippen LogP contribution in [0.3, 0.4) is 0 Å². The molecular weight excluding hydrogens is 337 g/mol. The van der Waals surface area contributed by atoms with Gasteiger partial charge in [0.1, 0.15) is 0 Å². The van der Waals surface area contributed by atoms with E-state index in [-0.39, 0.29) is 30.6 Å². The largest absolute Gasteiger partial charge is 0.418 e. The van der Waals surface area contributed by atoms with Gasteiger partial charge in [-0.15, -0.1) is 0 Å². The number of alkyl halides is 3. The summed E-state index contributed by atoms with van der Waals surface area (Å²) in [5.41, 5.74) is -0.755. The molecule has 3 nitrogen and oxygen atoms in total. The molecule has 2 N–H and O–H groups in total. The molecule has 1 aliphatic rings. The lowest BCUT2D eigenvalue weighted by Gasteiger charge is -2.15. The molecule has 0 atom stereocenters. The average Bonchev–Trinajstić information content (AvgIpc) is 3.11. The van der Waals surface area contributed by atoms with Gasteiger partial charge < -0.3 is 10.6 Å². The van der Waals surface area contributed by atoms with E-state index in [4.69, 9.17) is 0 Å². The van der Waals surface area contributed by atoms with Crippen LogP contribution in [0, 0.1) is 0 Å². The highest BCUT2D eigenvalue weighted by atomic mass is 79.9. The Bertz CT molecular complexity index is 501. The monoisotopic (exact) mass is 350 g/mol. The SMILES string of the molecule is O=C(CCNc1cc(Br)ccc1C(F)(F)F)NC1CC1. The minimum atomic E-state index is -4.42. The minimum absolute atomic E-state index is 0.0221. The second kappa shape index (κ2) is 6.03. The van der Waals surface area contributed by atoms with Crippen LogP contribution in [-0.2, 0) is 11.0 Å². The third-order valence-electron chi connectivity index (χ3n) is 2.90. The number of carbonyl (C=O) groups excluding carboxylic acids is 1. The van der Waals surface area contributed by atoms with E-state index in [2.05, 4.69) is 26.6 Å².